The number of hydrogen-bond acceptors (Lipinski definition) is 5. The van der Waals surface area contributed by atoms with Crippen molar-refractivity contribution in [2.24, 2.45) is 0 Å². The van der Waals surface area contributed by atoms with Gasteiger partial charge in [-0.2, -0.15) is 0 Å². The Hall–Kier alpha value is -3.74. The molecule has 0 unspecified atom stereocenters. The number of carbonyl (C=O) groups is 2. The standard InChI is InChI=1S/C24H26N2O5/c1-17-6-8-19(15-20(17)26-12-4-5-13-26)24(28)31-16-23(27)25-11-10-18-7-9-21(29-2)22(14-18)30-3/h4-9,12-15H,10-11,16H2,1-3H3,(H,25,27). The largest absolute Gasteiger partial charge is 0.493 e. The second-order valence-electron chi connectivity index (χ2n) is 6.96. The van der Waals surface area contributed by atoms with Crippen molar-refractivity contribution in [2.75, 3.05) is 27.4 Å². The maximum Gasteiger partial charge on any atom is 0.338 e. The molecule has 0 aliphatic rings. The van der Waals surface area contributed by atoms with Gasteiger partial charge >= 0.3 is 5.97 Å². The monoisotopic (exact) mass is 422 g/mol. The molecular weight excluding hydrogens is 396 g/mol. The van der Waals surface area contributed by atoms with Crippen molar-refractivity contribution in [2.45, 2.75) is 13.3 Å². The number of aromatic nitrogens is 1. The summed E-state index contributed by atoms with van der Waals surface area (Å²) in [4.78, 5) is 24.4. The van der Waals surface area contributed by atoms with E-state index in [0.717, 1.165) is 16.8 Å². The Morgan fingerprint density at radius 3 is 2.42 bits per heavy atom. The van der Waals surface area contributed by atoms with Crippen LogP contribution >= 0.6 is 0 Å². The highest BCUT2D eigenvalue weighted by molar-refractivity contribution is 5.92. The van der Waals surface area contributed by atoms with Crippen LogP contribution in [0.5, 0.6) is 11.5 Å². The lowest BCUT2D eigenvalue weighted by Crippen LogP contribution is -2.30. The zero-order valence-corrected chi connectivity index (χ0v) is 17.9. The van der Waals surface area contributed by atoms with Crippen molar-refractivity contribution in [3.05, 3.63) is 77.6 Å². The maximum atomic E-state index is 12.4. The van der Waals surface area contributed by atoms with Crippen LogP contribution in [-0.4, -0.2) is 43.8 Å². The highest BCUT2D eigenvalue weighted by Gasteiger charge is 2.13. The molecule has 0 aliphatic carbocycles. The second-order valence-corrected chi connectivity index (χ2v) is 6.96. The zero-order chi connectivity index (χ0) is 22.2. The van der Waals surface area contributed by atoms with E-state index < -0.39 is 5.97 Å². The van der Waals surface area contributed by atoms with Crippen LogP contribution in [0.2, 0.25) is 0 Å². The number of ether oxygens (including phenoxy) is 3. The van der Waals surface area contributed by atoms with Crippen molar-refractivity contribution >= 4 is 11.9 Å². The molecule has 1 N–H and O–H groups in total. The minimum Gasteiger partial charge on any atom is -0.493 e. The van der Waals surface area contributed by atoms with Crippen molar-refractivity contribution in [1.29, 1.82) is 0 Å². The van der Waals surface area contributed by atoms with Crippen LogP contribution in [0.25, 0.3) is 5.69 Å². The number of benzene rings is 2. The van der Waals surface area contributed by atoms with Crippen LogP contribution in [0.3, 0.4) is 0 Å². The van der Waals surface area contributed by atoms with E-state index in [4.69, 9.17) is 14.2 Å². The molecule has 31 heavy (non-hydrogen) atoms. The van der Waals surface area contributed by atoms with Gasteiger partial charge in [0, 0.05) is 24.6 Å². The summed E-state index contributed by atoms with van der Waals surface area (Å²) in [5.74, 6) is 0.394. The van der Waals surface area contributed by atoms with Crippen LogP contribution in [0.4, 0.5) is 0 Å². The summed E-state index contributed by atoms with van der Waals surface area (Å²) in [6, 6.07) is 14.7. The van der Waals surface area contributed by atoms with Crippen molar-refractivity contribution in [1.82, 2.24) is 9.88 Å². The Labute approximate surface area is 181 Å². The van der Waals surface area contributed by atoms with E-state index in [-0.39, 0.29) is 12.5 Å². The molecule has 0 aliphatic heterocycles. The van der Waals surface area contributed by atoms with E-state index >= 15 is 0 Å². The molecule has 0 radical (unpaired) electrons. The number of esters is 1. The quantitative estimate of drug-likeness (QED) is 0.535. The number of amides is 1. The first kappa shape index (κ1) is 22.0. The lowest BCUT2D eigenvalue weighted by molar-refractivity contribution is -0.124. The van der Waals surface area contributed by atoms with Crippen LogP contribution in [0.1, 0.15) is 21.5 Å². The fourth-order valence-corrected chi connectivity index (χ4v) is 3.16. The van der Waals surface area contributed by atoms with Gasteiger partial charge in [0.25, 0.3) is 5.91 Å². The normalized spacial score (nSPS) is 10.4. The highest BCUT2D eigenvalue weighted by atomic mass is 16.5. The molecule has 3 rings (SSSR count). The Bertz CT molecular complexity index is 1040. The van der Waals surface area contributed by atoms with Crippen LogP contribution in [-0.2, 0) is 16.0 Å². The maximum absolute atomic E-state index is 12.4. The summed E-state index contributed by atoms with van der Waals surface area (Å²) in [6.45, 7) is 2.04. The fraction of sp³-hybridized carbons (Fsp3) is 0.250. The first-order valence-electron chi connectivity index (χ1n) is 9.90. The summed E-state index contributed by atoms with van der Waals surface area (Å²) < 4.78 is 17.6. The number of rotatable bonds is 9. The van der Waals surface area contributed by atoms with Crippen LogP contribution in [0, 0.1) is 6.92 Å². The summed E-state index contributed by atoms with van der Waals surface area (Å²) in [5.41, 5.74) is 3.30. The number of nitrogens with one attached hydrogen (secondary N) is 1. The topological polar surface area (TPSA) is 78.8 Å². The molecular formula is C24H26N2O5. The average Bonchev–Trinajstić information content (AvgIpc) is 3.32. The van der Waals surface area contributed by atoms with Gasteiger partial charge in [0.1, 0.15) is 0 Å². The van der Waals surface area contributed by atoms with Crippen molar-refractivity contribution in [3.8, 4) is 17.2 Å². The number of hydrogen-bond donors (Lipinski definition) is 1. The Morgan fingerprint density at radius 1 is 0.968 bits per heavy atom. The summed E-state index contributed by atoms with van der Waals surface area (Å²) in [6.07, 6.45) is 4.42. The van der Waals surface area contributed by atoms with Crippen molar-refractivity contribution in [3.63, 3.8) is 0 Å². The van der Waals surface area contributed by atoms with Gasteiger partial charge in [-0.25, -0.2) is 4.79 Å². The first-order valence-corrected chi connectivity index (χ1v) is 9.90. The molecule has 2 aromatic carbocycles. The molecule has 0 bridgehead atoms. The molecule has 0 saturated heterocycles. The predicted octanol–water partition coefficient (Wildman–Crippen LogP) is 3.32. The SMILES string of the molecule is COc1ccc(CCNC(=O)COC(=O)c2ccc(C)c(-n3cccc3)c2)cc1OC. The van der Waals surface area contributed by atoms with E-state index in [9.17, 15) is 9.59 Å². The lowest BCUT2D eigenvalue weighted by atomic mass is 10.1. The Kier molecular flexibility index (Phi) is 7.32. The van der Waals surface area contributed by atoms with E-state index in [1.807, 2.05) is 60.3 Å². The van der Waals surface area contributed by atoms with Gasteiger partial charge in [-0.3, -0.25) is 4.79 Å². The molecule has 7 nitrogen and oxygen atoms in total. The molecule has 3 aromatic rings. The molecule has 0 spiro atoms. The van der Waals surface area contributed by atoms with Crippen LogP contribution in [0.15, 0.2) is 60.9 Å². The fourth-order valence-electron chi connectivity index (χ4n) is 3.16. The van der Waals surface area contributed by atoms with E-state index in [2.05, 4.69) is 5.32 Å². The lowest BCUT2D eigenvalue weighted by Gasteiger charge is -2.11. The number of nitrogens with zero attached hydrogens (tertiary/aromatic N) is 1. The summed E-state index contributed by atoms with van der Waals surface area (Å²) >= 11 is 0. The second kappa shape index (κ2) is 10.3. The third kappa shape index (κ3) is 5.66. The summed E-state index contributed by atoms with van der Waals surface area (Å²) in [7, 11) is 3.16. The third-order valence-electron chi connectivity index (χ3n) is 4.85. The molecule has 1 amide bonds. The minimum atomic E-state index is -0.538. The molecule has 7 heteroatoms. The van der Waals surface area contributed by atoms with Gasteiger partial charge in [0.15, 0.2) is 18.1 Å². The van der Waals surface area contributed by atoms with Gasteiger partial charge in [-0.15, -0.1) is 0 Å². The average molecular weight is 422 g/mol. The Balaban J connectivity index is 1.49. The number of aryl methyl sites for hydroxylation is 1. The molecule has 0 atom stereocenters. The minimum absolute atomic E-state index is 0.336. The number of carbonyl (C=O) groups excluding carboxylic acids is 2. The van der Waals surface area contributed by atoms with E-state index in [0.29, 0.717) is 30.0 Å². The zero-order valence-electron chi connectivity index (χ0n) is 17.9. The van der Waals surface area contributed by atoms with Crippen LogP contribution < -0.4 is 14.8 Å². The van der Waals surface area contributed by atoms with Gasteiger partial charge in [0.2, 0.25) is 0 Å². The van der Waals surface area contributed by atoms with Gasteiger partial charge < -0.3 is 24.1 Å². The summed E-state index contributed by atoms with van der Waals surface area (Å²) in [5, 5.41) is 2.75. The van der Waals surface area contributed by atoms with E-state index in [1.54, 1.807) is 26.4 Å². The van der Waals surface area contributed by atoms with Crippen molar-refractivity contribution < 1.29 is 23.8 Å². The van der Waals surface area contributed by atoms with E-state index in [1.165, 1.54) is 0 Å². The molecule has 1 heterocycles. The Morgan fingerprint density at radius 2 is 1.71 bits per heavy atom. The molecule has 1 aromatic heterocycles. The predicted molar refractivity (Wildman–Crippen MR) is 117 cm³/mol. The smallest absolute Gasteiger partial charge is 0.338 e. The third-order valence-corrected chi connectivity index (χ3v) is 4.85. The molecule has 0 fully saturated rings. The van der Waals surface area contributed by atoms with Gasteiger partial charge in [-0.1, -0.05) is 12.1 Å². The van der Waals surface area contributed by atoms with Gasteiger partial charge in [-0.05, 0) is 60.9 Å². The molecule has 0 saturated carbocycles. The molecule has 162 valence electrons. The van der Waals surface area contributed by atoms with Gasteiger partial charge in [0.05, 0.1) is 19.8 Å². The number of methoxy groups -OCH3 is 2. The highest BCUT2D eigenvalue weighted by Crippen LogP contribution is 2.27. The first-order chi connectivity index (χ1) is 15.0.